The summed E-state index contributed by atoms with van der Waals surface area (Å²) in [6, 6.07) is 39.6. The number of para-hydroxylation sites is 3. The van der Waals surface area contributed by atoms with Crippen molar-refractivity contribution in [3.63, 3.8) is 0 Å². The van der Waals surface area contributed by atoms with Gasteiger partial charge in [0.25, 0.3) is 0 Å². The van der Waals surface area contributed by atoms with Gasteiger partial charge >= 0.3 is 0 Å². The van der Waals surface area contributed by atoms with Crippen molar-refractivity contribution in [2.24, 2.45) is 0 Å². The molecule has 2 unspecified atom stereocenters. The zero-order valence-electron chi connectivity index (χ0n) is 21.0. The molecule has 0 amide bonds. The molecule has 0 fully saturated rings. The van der Waals surface area contributed by atoms with Crippen molar-refractivity contribution in [3.05, 3.63) is 139 Å². The third-order valence-electron chi connectivity index (χ3n) is 8.39. The Kier molecular flexibility index (Phi) is 4.35. The van der Waals surface area contributed by atoms with E-state index in [2.05, 4.69) is 132 Å². The average molecular weight is 518 g/mol. The Morgan fingerprint density at radius 3 is 2.26 bits per heavy atom. The number of hydrogen-bond acceptors (Lipinski definition) is 2. The fourth-order valence-corrected chi connectivity index (χ4v) is 7.99. The average Bonchev–Trinajstić information content (AvgIpc) is 3.66. The first-order chi connectivity index (χ1) is 19.3. The molecule has 2 aliphatic rings. The van der Waals surface area contributed by atoms with Crippen LogP contribution in [0.1, 0.15) is 17.0 Å². The number of thiophene rings is 1. The Morgan fingerprint density at radius 2 is 1.41 bits per heavy atom. The molecule has 2 nitrogen and oxygen atoms in total. The highest BCUT2D eigenvalue weighted by atomic mass is 32.1. The van der Waals surface area contributed by atoms with Crippen LogP contribution in [0.5, 0.6) is 5.75 Å². The van der Waals surface area contributed by atoms with Gasteiger partial charge in [0.1, 0.15) is 11.9 Å². The van der Waals surface area contributed by atoms with Crippen molar-refractivity contribution < 1.29 is 4.74 Å². The Bertz CT molecular complexity index is 2120. The molecule has 0 bridgehead atoms. The monoisotopic (exact) mass is 517 g/mol. The molecule has 0 radical (unpaired) electrons. The number of allylic oxidation sites excluding steroid dienone is 2. The minimum absolute atomic E-state index is 0.0499. The number of benzene rings is 5. The molecule has 5 aromatic carbocycles. The van der Waals surface area contributed by atoms with Crippen LogP contribution in [-0.4, -0.2) is 10.7 Å². The van der Waals surface area contributed by atoms with Crippen LogP contribution in [0, 0.1) is 0 Å². The summed E-state index contributed by atoms with van der Waals surface area (Å²) in [5.41, 5.74) is 7.62. The van der Waals surface area contributed by atoms with Crippen LogP contribution < -0.4 is 4.74 Å². The number of hydrogen-bond donors (Lipinski definition) is 0. The van der Waals surface area contributed by atoms with Gasteiger partial charge in [0.2, 0.25) is 0 Å². The molecule has 0 N–H and O–H groups in total. The fourth-order valence-electron chi connectivity index (χ4n) is 6.72. The molecule has 7 aromatic rings. The SMILES string of the molecule is C1=CC2Oc3ccccc3C2C(c2cccc3c2sc2cc(-n4c5ccccc5c5ccccc54)ccc23)=C1. The number of rotatable bonds is 2. The van der Waals surface area contributed by atoms with Crippen molar-refractivity contribution in [1.29, 1.82) is 0 Å². The molecule has 0 spiro atoms. The summed E-state index contributed by atoms with van der Waals surface area (Å²) in [5, 5.41) is 5.21. The van der Waals surface area contributed by atoms with Gasteiger partial charge in [-0.15, -0.1) is 11.3 Å². The van der Waals surface area contributed by atoms with Gasteiger partial charge in [-0.25, -0.2) is 0 Å². The third-order valence-corrected chi connectivity index (χ3v) is 9.59. The first-order valence-corrected chi connectivity index (χ1v) is 14.2. The Balaban J connectivity index is 1.25. The summed E-state index contributed by atoms with van der Waals surface area (Å²) in [5.74, 6) is 1.22. The van der Waals surface area contributed by atoms with Crippen LogP contribution in [0.4, 0.5) is 0 Å². The van der Waals surface area contributed by atoms with Crippen LogP contribution in [0.2, 0.25) is 0 Å². The van der Waals surface area contributed by atoms with E-state index in [-0.39, 0.29) is 12.0 Å². The maximum absolute atomic E-state index is 6.33. The topological polar surface area (TPSA) is 14.2 Å². The van der Waals surface area contributed by atoms with E-state index in [4.69, 9.17) is 4.74 Å². The molecule has 2 atom stereocenters. The van der Waals surface area contributed by atoms with E-state index in [1.165, 1.54) is 64.4 Å². The lowest BCUT2D eigenvalue weighted by Crippen LogP contribution is -2.19. The van der Waals surface area contributed by atoms with E-state index in [1.807, 2.05) is 11.3 Å². The number of aromatic nitrogens is 1. The summed E-state index contributed by atoms with van der Waals surface area (Å²) in [6.45, 7) is 0. The minimum Gasteiger partial charge on any atom is -0.485 e. The predicted octanol–water partition coefficient (Wildman–Crippen LogP) is 9.65. The fraction of sp³-hybridized carbons (Fsp3) is 0.0556. The lowest BCUT2D eigenvalue weighted by molar-refractivity contribution is 0.271. The van der Waals surface area contributed by atoms with E-state index in [0.29, 0.717) is 0 Å². The number of fused-ring (bicyclic) bond motifs is 9. The molecule has 184 valence electrons. The van der Waals surface area contributed by atoms with E-state index in [9.17, 15) is 0 Å². The summed E-state index contributed by atoms with van der Waals surface area (Å²) in [7, 11) is 0. The molecule has 0 saturated carbocycles. The van der Waals surface area contributed by atoms with Crippen molar-refractivity contribution in [2.45, 2.75) is 12.0 Å². The highest BCUT2D eigenvalue weighted by molar-refractivity contribution is 7.26. The first kappa shape index (κ1) is 21.3. The molecule has 1 aliphatic carbocycles. The summed E-state index contributed by atoms with van der Waals surface area (Å²) < 4.78 is 11.4. The van der Waals surface area contributed by atoms with E-state index < -0.39 is 0 Å². The number of nitrogens with zero attached hydrogens (tertiary/aromatic N) is 1. The van der Waals surface area contributed by atoms with Crippen LogP contribution >= 0.6 is 11.3 Å². The largest absolute Gasteiger partial charge is 0.485 e. The van der Waals surface area contributed by atoms with Crippen LogP contribution in [0.3, 0.4) is 0 Å². The third kappa shape index (κ3) is 2.96. The molecular weight excluding hydrogens is 494 g/mol. The normalized spacial score (nSPS) is 18.0. The summed E-state index contributed by atoms with van der Waals surface area (Å²) in [4.78, 5) is 0. The van der Waals surface area contributed by atoms with Crippen molar-refractivity contribution >= 4 is 58.9 Å². The summed E-state index contributed by atoms with van der Waals surface area (Å²) in [6.07, 6.45) is 6.69. The van der Waals surface area contributed by atoms with Gasteiger partial charge < -0.3 is 9.30 Å². The van der Waals surface area contributed by atoms with Crippen LogP contribution in [0.15, 0.2) is 127 Å². The molecule has 2 aromatic heterocycles. The van der Waals surface area contributed by atoms with E-state index in [1.54, 1.807) is 0 Å². The molecule has 9 rings (SSSR count). The second-order valence-corrected chi connectivity index (χ2v) is 11.5. The van der Waals surface area contributed by atoms with Crippen LogP contribution in [-0.2, 0) is 0 Å². The Labute approximate surface area is 229 Å². The van der Waals surface area contributed by atoms with Gasteiger partial charge in [-0.3, -0.25) is 0 Å². The lowest BCUT2D eigenvalue weighted by atomic mass is 9.81. The van der Waals surface area contributed by atoms with Gasteiger partial charge in [-0.05, 0) is 47.5 Å². The molecule has 3 heteroatoms. The van der Waals surface area contributed by atoms with Gasteiger partial charge in [0, 0.05) is 42.2 Å². The Hall–Kier alpha value is -4.60. The quantitative estimate of drug-likeness (QED) is 0.223. The highest BCUT2D eigenvalue weighted by Crippen LogP contribution is 2.50. The van der Waals surface area contributed by atoms with Gasteiger partial charge in [0.15, 0.2) is 0 Å². The minimum atomic E-state index is 0.0499. The van der Waals surface area contributed by atoms with E-state index >= 15 is 0 Å². The maximum atomic E-state index is 6.33. The Morgan fingerprint density at radius 1 is 0.667 bits per heavy atom. The molecule has 39 heavy (non-hydrogen) atoms. The summed E-state index contributed by atoms with van der Waals surface area (Å²) >= 11 is 1.90. The molecule has 3 heterocycles. The number of ether oxygens (including phenoxy) is 1. The van der Waals surface area contributed by atoms with Gasteiger partial charge in [0.05, 0.1) is 17.0 Å². The van der Waals surface area contributed by atoms with Crippen LogP contribution in [0.25, 0.3) is 53.2 Å². The first-order valence-electron chi connectivity index (χ1n) is 13.4. The maximum Gasteiger partial charge on any atom is 0.128 e. The highest BCUT2D eigenvalue weighted by Gasteiger charge is 2.37. The lowest BCUT2D eigenvalue weighted by Gasteiger charge is -2.23. The predicted molar refractivity (Wildman–Crippen MR) is 164 cm³/mol. The van der Waals surface area contributed by atoms with Crippen molar-refractivity contribution in [1.82, 2.24) is 4.57 Å². The molecular formula is C36H23NOS. The van der Waals surface area contributed by atoms with E-state index in [0.717, 1.165) is 5.75 Å². The second kappa shape index (κ2) is 7.95. The smallest absolute Gasteiger partial charge is 0.128 e. The molecule has 1 aliphatic heterocycles. The van der Waals surface area contributed by atoms with Crippen molar-refractivity contribution in [3.8, 4) is 11.4 Å². The zero-order chi connectivity index (χ0) is 25.5. The van der Waals surface area contributed by atoms with Gasteiger partial charge in [-0.2, -0.15) is 0 Å². The van der Waals surface area contributed by atoms with Crippen molar-refractivity contribution in [2.75, 3.05) is 0 Å². The molecule has 0 saturated heterocycles. The standard InChI is InChI=1S/C36H23NOS/c1-4-15-30-23(9-1)24-10-2-5-16-31(24)37(30)22-19-20-25-27-13-7-14-28(36(27)39-34(25)21-22)26-12-8-18-33-35(26)29-11-3-6-17-32(29)38-33/h1-21,33,35H. The second-order valence-electron chi connectivity index (χ2n) is 10.4. The zero-order valence-corrected chi connectivity index (χ0v) is 21.9. The van der Waals surface area contributed by atoms with Gasteiger partial charge in [-0.1, -0.05) is 91.0 Å².